The topological polar surface area (TPSA) is 34.1 Å². The van der Waals surface area contributed by atoms with Gasteiger partial charge in [0.1, 0.15) is 11.6 Å². The van der Waals surface area contributed by atoms with Crippen molar-refractivity contribution in [2.75, 3.05) is 0 Å². The molecule has 120 valence electrons. The van der Waals surface area contributed by atoms with Crippen molar-refractivity contribution in [1.82, 2.24) is 0 Å². The van der Waals surface area contributed by atoms with Crippen LogP contribution in [0.4, 0.5) is 0 Å². The predicted molar refractivity (Wildman–Crippen MR) is 87.0 cm³/mol. The summed E-state index contributed by atoms with van der Waals surface area (Å²) in [4.78, 5) is 23.8. The number of Topliss-reactive ketones (excluding diaryl/α,β-unsaturated/α-hetero) is 2. The molecule has 2 nitrogen and oxygen atoms in total. The molecule has 4 aliphatic carbocycles. The smallest absolute Gasteiger partial charge is 0.136 e. The molecule has 0 bridgehead atoms. The lowest BCUT2D eigenvalue weighted by Crippen LogP contribution is -2.51. The van der Waals surface area contributed by atoms with Gasteiger partial charge >= 0.3 is 0 Å². The van der Waals surface area contributed by atoms with Gasteiger partial charge < -0.3 is 0 Å². The van der Waals surface area contributed by atoms with Crippen molar-refractivity contribution in [3.8, 4) is 12.8 Å². The normalized spacial score (nSPS) is 46.8. The Labute approximate surface area is 134 Å². The van der Waals surface area contributed by atoms with Crippen LogP contribution in [0.5, 0.6) is 0 Å². The predicted octanol–water partition coefficient (Wildman–Crippen LogP) is 4.03. The molecule has 0 heterocycles. The van der Waals surface area contributed by atoms with Crippen molar-refractivity contribution in [1.29, 1.82) is 0 Å². The van der Waals surface area contributed by atoms with Crippen LogP contribution in [0.2, 0.25) is 0 Å². The van der Waals surface area contributed by atoms with Crippen molar-refractivity contribution < 1.29 is 9.59 Å². The minimum atomic E-state index is 0.387. The van der Waals surface area contributed by atoms with E-state index in [1.807, 2.05) is 0 Å². The van der Waals surface area contributed by atoms with Crippen LogP contribution < -0.4 is 0 Å². The van der Waals surface area contributed by atoms with E-state index in [2.05, 4.69) is 19.8 Å². The van der Waals surface area contributed by atoms with Crippen LogP contribution in [0.3, 0.4) is 0 Å². The molecular weight excluding hydrogens is 272 g/mol. The molecule has 22 heavy (non-hydrogen) atoms. The molecule has 0 saturated heterocycles. The van der Waals surface area contributed by atoms with E-state index >= 15 is 0 Å². The summed E-state index contributed by atoms with van der Waals surface area (Å²) in [5.41, 5.74) is 0.399. The van der Waals surface area contributed by atoms with Gasteiger partial charge in [-0.3, -0.25) is 9.59 Å². The highest BCUT2D eigenvalue weighted by Gasteiger charge is 2.57. The van der Waals surface area contributed by atoms with Gasteiger partial charge in [0.05, 0.1) is 0 Å². The average Bonchev–Trinajstić information content (AvgIpc) is 2.91. The van der Waals surface area contributed by atoms with Crippen LogP contribution in [0.15, 0.2) is 0 Å². The summed E-state index contributed by atoms with van der Waals surface area (Å²) in [6.07, 6.45) is 17.7. The molecule has 0 amide bonds. The molecule has 4 saturated carbocycles. The monoisotopic (exact) mass is 300 g/mol. The summed E-state index contributed by atoms with van der Waals surface area (Å²) >= 11 is 0. The van der Waals surface area contributed by atoms with E-state index in [-0.39, 0.29) is 0 Å². The molecule has 0 aliphatic heterocycles. The Morgan fingerprint density at radius 3 is 2.50 bits per heavy atom. The second-order valence-electron chi connectivity index (χ2n) is 8.15. The molecule has 2 heteroatoms. The Hall–Kier alpha value is -1.10. The Bertz CT molecular complexity index is 491. The first kappa shape index (κ1) is 15.8. The maximum Gasteiger partial charge on any atom is 0.136 e. The molecule has 0 radical (unpaired) electrons. The summed E-state index contributed by atoms with van der Waals surface area (Å²) in [7, 11) is 0. The van der Waals surface area contributed by atoms with E-state index in [4.69, 9.17) is 0 Å². The number of terminal acetylenes is 1. The van der Waals surface area contributed by atoms with E-state index in [0.717, 1.165) is 50.4 Å². The van der Waals surface area contributed by atoms with Crippen molar-refractivity contribution in [2.24, 2.45) is 35.0 Å². The zero-order valence-electron chi connectivity index (χ0n) is 13.7. The summed E-state index contributed by atoms with van der Waals surface area (Å²) in [6, 6.07) is 0. The lowest BCUT2D eigenvalue weighted by molar-refractivity contribution is -0.135. The quantitative estimate of drug-likeness (QED) is 0.633. The van der Waals surface area contributed by atoms with Crippen molar-refractivity contribution in [3.63, 3.8) is 0 Å². The molecule has 0 spiro atoms. The van der Waals surface area contributed by atoms with Gasteiger partial charge in [-0.25, -0.2) is 0 Å². The molecule has 4 aliphatic rings. The van der Waals surface area contributed by atoms with Crippen LogP contribution >= 0.6 is 0 Å². The fraction of sp³-hybridized carbons (Fsp3) is 0.800. The average molecular weight is 300 g/mol. The molecule has 6 atom stereocenters. The van der Waals surface area contributed by atoms with Crippen molar-refractivity contribution >= 4 is 11.6 Å². The minimum Gasteiger partial charge on any atom is -0.300 e. The number of hydrogen-bond donors (Lipinski definition) is 0. The second kappa shape index (κ2) is 5.84. The standard InChI is InChI=1S/C18H26O2.C2H2/c1-18-9-8-11-10-12(19)2-3-13(11)15(18)5-4-14-16(18)6-7-17(14)20;1-2/h11,13-16H,2-10H2,1H3;1-2H. The van der Waals surface area contributed by atoms with Gasteiger partial charge in [0, 0.05) is 25.2 Å². The molecule has 0 N–H and O–H groups in total. The van der Waals surface area contributed by atoms with Gasteiger partial charge in [0.25, 0.3) is 0 Å². The molecule has 0 aromatic carbocycles. The van der Waals surface area contributed by atoms with Crippen LogP contribution in [0.25, 0.3) is 0 Å². The van der Waals surface area contributed by atoms with Crippen molar-refractivity contribution in [3.05, 3.63) is 0 Å². The van der Waals surface area contributed by atoms with Gasteiger partial charge in [-0.2, -0.15) is 0 Å². The lowest BCUT2D eigenvalue weighted by Gasteiger charge is -2.57. The Morgan fingerprint density at radius 2 is 1.73 bits per heavy atom. The number of rotatable bonds is 0. The third-order valence-electron chi connectivity index (χ3n) is 7.51. The van der Waals surface area contributed by atoms with Gasteiger partial charge in [-0.1, -0.05) is 6.92 Å². The molecule has 0 aromatic heterocycles. The van der Waals surface area contributed by atoms with Crippen LogP contribution in [-0.2, 0) is 9.59 Å². The third-order valence-corrected chi connectivity index (χ3v) is 7.51. The summed E-state index contributed by atoms with van der Waals surface area (Å²) < 4.78 is 0. The summed E-state index contributed by atoms with van der Waals surface area (Å²) in [5, 5.41) is 0. The first-order valence-corrected chi connectivity index (χ1v) is 8.97. The maximum atomic E-state index is 12.1. The van der Waals surface area contributed by atoms with E-state index in [1.54, 1.807) is 0 Å². The summed E-state index contributed by atoms with van der Waals surface area (Å²) in [5.74, 6) is 4.34. The van der Waals surface area contributed by atoms with E-state index in [9.17, 15) is 9.59 Å². The van der Waals surface area contributed by atoms with Crippen LogP contribution in [0, 0.1) is 47.9 Å². The molecule has 0 aromatic rings. The van der Waals surface area contributed by atoms with Gasteiger partial charge in [-0.15, -0.1) is 12.8 Å². The zero-order valence-corrected chi connectivity index (χ0v) is 13.7. The van der Waals surface area contributed by atoms with Gasteiger partial charge in [0.2, 0.25) is 0 Å². The number of carbonyl (C=O) groups excluding carboxylic acids is 2. The number of fused-ring (bicyclic) bond motifs is 5. The SMILES string of the molecule is C#C.CC12CCC3CC(=O)CCC3C1CCC1C(=O)CCC12. The summed E-state index contributed by atoms with van der Waals surface area (Å²) in [6.45, 7) is 2.49. The van der Waals surface area contributed by atoms with E-state index in [1.165, 1.54) is 19.3 Å². The number of ketones is 2. The van der Waals surface area contributed by atoms with Gasteiger partial charge in [0.15, 0.2) is 0 Å². The fourth-order valence-corrected chi connectivity index (χ4v) is 6.55. The van der Waals surface area contributed by atoms with Crippen LogP contribution in [-0.4, -0.2) is 11.6 Å². The first-order valence-electron chi connectivity index (χ1n) is 8.97. The highest BCUT2D eigenvalue weighted by atomic mass is 16.1. The maximum absolute atomic E-state index is 12.1. The Kier molecular flexibility index (Phi) is 4.19. The zero-order chi connectivity index (χ0) is 15.9. The lowest BCUT2D eigenvalue weighted by atomic mass is 9.47. The van der Waals surface area contributed by atoms with Gasteiger partial charge in [-0.05, 0) is 67.6 Å². The van der Waals surface area contributed by atoms with E-state index < -0.39 is 0 Å². The Balaban J connectivity index is 0.000000693. The highest BCUT2D eigenvalue weighted by molar-refractivity contribution is 5.83. The van der Waals surface area contributed by atoms with Crippen molar-refractivity contribution in [2.45, 2.75) is 64.7 Å². The Morgan fingerprint density at radius 1 is 0.955 bits per heavy atom. The first-order chi connectivity index (χ1) is 10.6. The molecule has 4 fully saturated rings. The fourth-order valence-electron chi connectivity index (χ4n) is 6.55. The molecular formula is C20H28O2. The number of hydrogen-bond acceptors (Lipinski definition) is 2. The highest BCUT2D eigenvalue weighted by Crippen LogP contribution is 2.63. The molecule has 4 rings (SSSR count). The minimum absolute atomic E-state index is 0.387. The van der Waals surface area contributed by atoms with E-state index in [0.29, 0.717) is 34.7 Å². The van der Waals surface area contributed by atoms with Crippen LogP contribution in [0.1, 0.15) is 64.7 Å². The largest absolute Gasteiger partial charge is 0.300 e. The molecule has 6 unspecified atom stereocenters. The number of carbonyl (C=O) groups is 2. The third kappa shape index (κ3) is 2.25. The second-order valence-corrected chi connectivity index (χ2v) is 8.15.